The van der Waals surface area contributed by atoms with Crippen molar-refractivity contribution in [3.05, 3.63) is 30.3 Å². The van der Waals surface area contributed by atoms with Crippen LogP contribution in [-0.4, -0.2) is 24.2 Å². The molecule has 0 unspecified atom stereocenters. The number of hydrazone groups is 1. The minimum Gasteiger partial charge on any atom is -0.466 e. The average molecular weight is 260 g/mol. The zero-order valence-corrected chi connectivity index (χ0v) is 10.8. The maximum atomic E-state index is 11.9. The Morgan fingerprint density at radius 3 is 2.79 bits per heavy atom. The molecule has 0 saturated carbocycles. The van der Waals surface area contributed by atoms with E-state index in [1.165, 1.54) is 5.01 Å². The summed E-state index contributed by atoms with van der Waals surface area (Å²) in [6, 6.07) is 9.25. The topological polar surface area (TPSA) is 59.0 Å². The standard InChI is InChI=1S/C14H16N2O3/c1-2-19-14(18)9-8-11-10-13(17)16(15-11)12-6-4-3-5-7-12/h3-7H,2,8-10H2,1H3. The number of benzene rings is 1. The Morgan fingerprint density at radius 2 is 2.11 bits per heavy atom. The highest BCUT2D eigenvalue weighted by molar-refractivity contribution is 6.13. The number of anilines is 1. The molecule has 1 amide bonds. The largest absolute Gasteiger partial charge is 0.466 e. The smallest absolute Gasteiger partial charge is 0.306 e. The first-order chi connectivity index (χ1) is 9.20. The van der Waals surface area contributed by atoms with E-state index in [-0.39, 0.29) is 24.7 Å². The summed E-state index contributed by atoms with van der Waals surface area (Å²) in [5, 5.41) is 5.65. The lowest BCUT2D eigenvalue weighted by Crippen LogP contribution is -2.19. The van der Waals surface area contributed by atoms with Gasteiger partial charge in [-0.1, -0.05) is 18.2 Å². The van der Waals surface area contributed by atoms with Crippen LogP contribution in [0.3, 0.4) is 0 Å². The first-order valence-electron chi connectivity index (χ1n) is 6.30. The van der Waals surface area contributed by atoms with Gasteiger partial charge < -0.3 is 4.74 Å². The second kappa shape index (κ2) is 6.13. The van der Waals surface area contributed by atoms with Crippen molar-refractivity contribution < 1.29 is 14.3 Å². The molecule has 0 spiro atoms. The van der Waals surface area contributed by atoms with Gasteiger partial charge in [0.2, 0.25) is 0 Å². The van der Waals surface area contributed by atoms with E-state index in [4.69, 9.17) is 4.74 Å². The number of nitrogens with zero attached hydrogens (tertiary/aromatic N) is 2. The highest BCUT2D eigenvalue weighted by atomic mass is 16.5. The Labute approximate surface area is 111 Å². The van der Waals surface area contributed by atoms with Gasteiger partial charge in [0.15, 0.2) is 0 Å². The van der Waals surface area contributed by atoms with Gasteiger partial charge in [-0.05, 0) is 25.5 Å². The van der Waals surface area contributed by atoms with Gasteiger partial charge in [-0.2, -0.15) is 5.10 Å². The summed E-state index contributed by atoms with van der Waals surface area (Å²) in [4.78, 5) is 23.1. The summed E-state index contributed by atoms with van der Waals surface area (Å²) >= 11 is 0. The lowest BCUT2D eigenvalue weighted by Gasteiger charge is -2.10. The molecule has 19 heavy (non-hydrogen) atoms. The molecule has 5 heteroatoms. The molecule has 1 heterocycles. The van der Waals surface area contributed by atoms with Crippen LogP contribution >= 0.6 is 0 Å². The third-order valence-corrected chi connectivity index (χ3v) is 2.76. The van der Waals surface area contributed by atoms with Crippen LogP contribution < -0.4 is 5.01 Å². The molecule has 2 rings (SSSR count). The molecule has 0 aromatic heterocycles. The van der Waals surface area contributed by atoms with Gasteiger partial charge in [0.25, 0.3) is 5.91 Å². The Bertz CT molecular complexity index is 497. The third-order valence-electron chi connectivity index (χ3n) is 2.76. The normalized spacial score (nSPS) is 14.5. The van der Waals surface area contributed by atoms with Crippen molar-refractivity contribution >= 4 is 23.3 Å². The molecule has 0 fully saturated rings. The zero-order valence-electron chi connectivity index (χ0n) is 10.8. The number of esters is 1. The lowest BCUT2D eigenvalue weighted by molar-refractivity contribution is -0.142. The van der Waals surface area contributed by atoms with E-state index in [1.54, 1.807) is 6.92 Å². The molecule has 5 nitrogen and oxygen atoms in total. The molecule has 0 bridgehead atoms. The molecule has 100 valence electrons. The second-order valence-electron chi connectivity index (χ2n) is 4.19. The third kappa shape index (κ3) is 3.40. The van der Waals surface area contributed by atoms with Gasteiger partial charge in [-0.3, -0.25) is 9.59 Å². The van der Waals surface area contributed by atoms with Gasteiger partial charge >= 0.3 is 5.97 Å². The van der Waals surface area contributed by atoms with Gasteiger partial charge in [-0.25, -0.2) is 5.01 Å². The van der Waals surface area contributed by atoms with Crippen molar-refractivity contribution in [2.24, 2.45) is 5.10 Å². The molecule has 1 aromatic rings. The van der Waals surface area contributed by atoms with Crippen molar-refractivity contribution in [1.82, 2.24) is 0 Å². The fourth-order valence-corrected chi connectivity index (χ4v) is 1.87. The number of amides is 1. The van der Waals surface area contributed by atoms with E-state index in [0.29, 0.717) is 13.0 Å². The number of carbonyl (C=O) groups excluding carboxylic acids is 2. The molecule has 1 aromatic carbocycles. The Morgan fingerprint density at radius 1 is 1.37 bits per heavy atom. The molecule has 0 saturated heterocycles. The van der Waals surface area contributed by atoms with Crippen molar-refractivity contribution in [3.63, 3.8) is 0 Å². The fourth-order valence-electron chi connectivity index (χ4n) is 1.87. The van der Waals surface area contributed by atoms with Crippen molar-refractivity contribution in [1.29, 1.82) is 0 Å². The second-order valence-corrected chi connectivity index (χ2v) is 4.19. The first kappa shape index (κ1) is 13.3. The fraction of sp³-hybridized carbons (Fsp3) is 0.357. The van der Waals surface area contributed by atoms with E-state index in [2.05, 4.69) is 5.10 Å². The van der Waals surface area contributed by atoms with Crippen molar-refractivity contribution in [3.8, 4) is 0 Å². The van der Waals surface area contributed by atoms with Crippen LogP contribution in [0.4, 0.5) is 5.69 Å². The van der Waals surface area contributed by atoms with Gasteiger partial charge in [0.1, 0.15) is 0 Å². The molecule has 0 atom stereocenters. The van der Waals surface area contributed by atoms with Crippen LogP contribution in [0.1, 0.15) is 26.2 Å². The van der Waals surface area contributed by atoms with Crippen LogP contribution in [-0.2, 0) is 14.3 Å². The molecule has 0 radical (unpaired) electrons. The van der Waals surface area contributed by atoms with E-state index in [9.17, 15) is 9.59 Å². The van der Waals surface area contributed by atoms with Gasteiger partial charge in [0.05, 0.1) is 25.1 Å². The summed E-state index contributed by atoms with van der Waals surface area (Å²) in [7, 11) is 0. The van der Waals surface area contributed by atoms with E-state index in [0.717, 1.165) is 11.4 Å². The summed E-state index contributed by atoms with van der Waals surface area (Å²) in [6.45, 7) is 2.14. The maximum absolute atomic E-state index is 11.9. The number of ether oxygens (including phenoxy) is 1. The van der Waals surface area contributed by atoms with Crippen LogP contribution in [0.25, 0.3) is 0 Å². The minimum absolute atomic E-state index is 0.0648. The van der Waals surface area contributed by atoms with Crippen LogP contribution in [0.5, 0.6) is 0 Å². The quantitative estimate of drug-likeness (QED) is 0.762. The molecule has 1 aliphatic rings. The summed E-state index contributed by atoms with van der Waals surface area (Å²) in [5.74, 6) is -0.319. The van der Waals surface area contributed by atoms with E-state index in [1.807, 2.05) is 30.3 Å². The van der Waals surface area contributed by atoms with E-state index >= 15 is 0 Å². The summed E-state index contributed by atoms with van der Waals surface area (Å²) in [6.07, 6.45) is 1.00. The van der Waals surface area contributed by atoms with Crippen molar-refractivity contribution in [2.45, 2.75) is 26.2 Å². The van der Waals surface area contributed by atoms with Crippen molar-refractivity contribution in [2.75, 3.05) is 11.6 Å². The molecular weight excluding hydrogens is 244 g/mol. The van der Waals surface area contributed by atoms with Crippen LogP contribution in [0.15, 0.2) is 35.4 Å². The van der Waals surface area contributed by atoms with Gasteiger partial charge in [0, 0.05) is 5.71 Å². The lowest BCUT2D eigenvalue weighted by atomic mass is 10.1. The summed E-state index contributed by atoms with van der Waals surface area (Å²) in [5.41, 5.74) is 1.47. The molecule has 0 N–H and O–H groups in total. The highest BCUT2D eigenvalue weighted by Gasteiger charge is 2.25. The monoisotopic (exact) mass is 260 g/mol. The number of carbonyl (C=O) groups is 2. The first-order valence-corrected chi connectivity index (χ1v) is 6.30. The number of hydrogen-bond donors (Lipinski definition) is 0. The predicted molar refractivity (Wildman–Crippen MR) is 71.8 cm³/mol. The van der Waals surface area contributed by atoms with Crippen LogP contribution in [0.2, 0.25) is 0 Å². The van der Waals surface area contributed by atoms with E-state index < -0.39 is 0 Å². The Kier molecular flexibility index (Phi) is 4.28. The molecular formula is C14H16N2O3. The molecule has 1 aliphatic heterocycles. The van der Waals surface area contributed by atoms with Gasteiger partial charge in [-0.15, -0.1) is 0 Å². The number of para-hydroxylation sites is 1. The molecule has 0 aliphatic carbocycles. The number of hydrogen-bond acceptors (Lipinski definition) is 4. The summed E-state index contributed by atoms with van der Waals surface area (Å²) < 4.78 is 4.85. The maximum Gasteiger partial charge on any atom is 0.306 e. The zero-order chi connectivity index (χ0) is 13.7. The SMILES string of the molecule is CCOC(=O)CCC1=NN(c2ccccc2)C(=O)C1. The highest BCUT2D eigenvalue weighted by Crippen LogP contribution is 2.21. The number of rotatable bonds is 5. The van der Waals surface area contributed by atoms with Crippen LogP contribution in [0, 0.1) is 0 Å². The minimum atomic E-state index is -0.254. The Hall–Kier alpha value is -2.17. The average Bonchev–Trinajstić information content (AvgIpc) is 2.79. The predicted octanol–water partition coefficient (Wildman–Crippen LogP) is 2.12. The Balaban J connectivity index is 1.97.